The van der Waals surface area contributed by atoms with Gasteiger partial charge in [-0.1, -0.05) is 0 Å². The highest BCUT2D eigenvalue weighted by Crippen LogP contribution is 2.41. The number of nitrogens with zero attached hydrogens (tertiary/aromatic N) is 2. The second-order valence-electron chi connectivity index (χ2n) is 6.51. The summed E-state index contributed by atoms with van der Waals surface area (Å²) >= 11 is 0. The SMILES string of the molecule is COc1ccc2c(c1)OC(C)(C)C[C@@H]2NC(=O)c1cnc(C)nc1. The van der Waals surface area contributed by atoms with Crippen molar-refractivity contribution in [3.05, 3.63) is 47.5 Å². The molecule has 1 atom stereocenters. The summed E-state index contributed by atoms with van der Waals surface area (Å²) in [7, 11) is 1.62. The van der Waals surface area contributed by atoms with E-state index in [4.69, 9.17) is 9.47 Å². The quantitative estimate of drug-likeness (QED) is 0.938. The molecule has 0 unspecified atom stereocenters. The Balaban J connectivity index is 1.88. The van der Waals surface area contributed by atoms with Gasteiger partial charge in [0, 0.05) is 30.4 Å². The van der Waals surface area contributed by atoms with Gasteiger partial charge < -0.3 is 14.8 Å². The smallest absolute Gasteiger partial charge is 0.254 e. The number of amides is 1. The van der Waals surface area contributed by atoms with Crippen LogP contribution in [0.15, 0.2) is 30.6 Å². The van der Waals surface area contributed by atoms with E-state index in [1.165, 1.54) is 12.4 Å². The van der Waals surface area contributed by atoms with E-state index in [0.717, 1.165) is 17.1 Å². The lowest BCUT2D eigenvalue weighted by molar-refractivity contribution is 0.0617. The van der Waals surface area contributed by atoms with Crippen molar-refractivity contribution in [1.29, 1.82) is 0 Å². The maximum atomic E-state index is 12.5. The first-order valence-corrected chi connectivity index (χ1v) is 7.84. The third kappa shape index (κ3) is 3.32. The van der Waals surface area contributed by atoms with Gasteiger partial charge in [-0.2, -0.15) is 0 Å². The molecule has 0 fully saturated rings. The zero-order chi connectivity index (χ0) is 17.3. The minimum Gasteiger partial charge on any atom is -0.497 e. The number of fused-ring (bicyclic) bond motifs is 1. The van der Waals surface area contributed by atoms with Crippen molar-refractivity contribution in [2.75, 3.05) is 7.11 Å². The Bertz CT molecular complexity index is 757. The molecule has 0 bridgehead atoms. The van der Waals surface area contributed by atoms with E-state index in [1.54, 1.807) is 14.0 Å². The number of methoxy groups -OCH3 is 1. The van der Waals surface area contributed by atoms with Crippen molar-refractivity contribution in [2.45, 2.75) is 38.8 Å². The molecule has 2 aromatic rings. The minimum absolute atomic E-state index is 0.150. The second kappa shape index (κ2) is 6.11. The number of benzene rings is 1. The molecule has 6 nitrogen and oxygen atoms in total. The zero-order valence-corrected chi connectivity index (χ0v) is 14.3. The molecule has 1 aliphatic rings. The first-order valence-electron chi connectivity index (χ1n) is 7.84. The molecule has 0 radical (unpaired) electrons. The highest BCUT2D eigenvalue weighted by atomic mass is 16.5. The van der Waals surface area contributed by atoms with Crippen LogP contribution in [0.1, 0.15) is 48.1 Å². The molecule has 0 spiro atoms. The van der Waals surface area contributed by atoms with E-state index >= 15 is 0 Å². The van der Waals surface area contributed by atoms with Crippen molar-refractivity contribution in [3.8, 4) is 11.5 Å². The summed E-state index contributed by atoms with van der Waals surface area (Å²) in [6.07, 6.45) is 3.75. The third-order valence-electron chi connectivity index (χ3n) is 4.03. The molecule has 0 saturated carbocycles. The zero-order valence-electron chi connectivity index (χ0n) is 14.3. The number of hydrogen-bond donors (Lipinski definition) is 1. The lowest BCUT2D eigenvalue weighted by Crippen LogP contribution is -2.41. The number of ether oxygens (including phenoxy) is 2. The van der Waals surface area contributed by atoms with Crippen molar-refractivity contribution < 1.29 is 14.3 Å². The molecule has 1 N–H and O–H groups in total. The number of rotatable bonds is 3. The first-order chi connectivity index (χ1) is 11.4. The monoisotopic (exact) mass is 327 g/mol. The predicted molar refractivity (Wildman–Crippen MR) is 89.3 cm³/mol. The van der Waals surface area contributed by atoms with Gasteiger partial charge in [0.2, 0.25) is 0 Å². The number of carbonyl (C=O) groups excluding carboxylic acids is 1. The molecule has 1 amide bonds. The predicted octanol–water partition coefficient (Wildman–Crippen LogP) is 2.83. The maximum Gasteiger partial charge on any atom is 0.254 e. The van der Waals surface area contributed by atoms with E-state index in [-0.39, 0.29) is 17.6 Å². The van der Waals surface area contributed by atoms with Gasteiger partial charge in [0.15, 0.2) is 0 Å². The van der Waals surface area contributed by atoms with Crippen molar-refractivity contribution in [1.82, 2.24) is 15.3 Å². The molecule has 0 aliphatic carbocycles. The third-order valence-corrected chi connectivity index (χ3v) is 4.03. The summed E-state index contributed by atoms with van der Waals surface area (Å²) < 4.78 is 11.3. The topological polar surface area (TPSA) is 73.3 Å². The second-order valence-corrected chi connectivity index (χ2v) is 6.51. The summed E-state index contributed by atoms with van der Waals surface area (Å²) in [4.78, 5) is 20.7. The van der Waals surface area contributed by atoms with Crippen LogP contribution in [-0.2, 0) is 0 Å². The van der Waals surface area contributed by atoms with Gasteiger partial charge in [0.25, 0.3) is 5.91 Å². The van der Waals surface area contributed by atoms with Crippen LogP contribution in [0.2, 0.25) is 0 Å². The molecule has 24 heavy (non-hydrogen) atoms. The summed E-state index contributed by atoms with van der Waals surface area (Å²) in [5, 5.41) is 3.06. The Morgan fingerprint density at radius 3 is 2.71 bits per heavy atom. The molecule has 0 saturated heterocycles. The lowest BCUT2D eigenvalue weighted by atomic mass is 9.89. The van der Waals surface area contributed by atoms with Gasteiger partial charge in [-0.25, -0.2) is 9.97 Å². The lowest BCUT2D eigenvalue weighted by Gasteiger charge is -2.38. The van der Waals surface area contributed by atoms with Crippen molar-refractivity contribution >= 4 is 5.91 Å². The van der Waals surface area contributed by atoms with Crippen LogP contribution < -0.4 is 14.8 Å². The summed E-state index contributed by atoms with van der Waals surface area (Å²) in [5.74, 6) is 1.90. The van der Waals surface area contributed by atoms with Crippen LogP contribution in [-0.4, -0.2) is 28.6 Å². The molecule has 3 rings (SSSR count). The number of nitrogens with one attached hydrogen (secondary N) is 1. The Kier molecular flexibility index (Phi) is 4.13. The van der Waals surface area contributed by atoms with Gasteiger partial charge in [0.1, 0.15) is 22.9 Å². The molecule has 1 aromatic carbocycles. The van der Waals surface area contributed by atoms with Gasteiger partial charge in [-0.05, 0) is 32.9 Å². The number of aromatic nitrogens is 2. The Morgan fingerprint density at radius 2 is 2.04 bits per heavy atom. The van der Waals surface area contributed by atoms with Gasteiger partial charge in [-0.15, -0.1) is 0 Å². The number of carbonyl (C=O) groups is 1. The fourth-order valence-corrected chi connectivity index (χ4v) is 2.84. The average Bonchev–Trinajstić information content (AvgIpc) is 2.53. The van der Waals surface area contributed by atoms with E-state index < -0.39 is 0 Å². The summed E-state index contributed by atoms with van der Waals surface area (Å²) in [6.45, 7) is 5.79. The van der Waals surface area contributed by atoms with Crippen molar-refractivity contribution in [2.24, 2.45) is 0 Å². The van der Waals surface area contributed by atoms with E-state index in [1.807, 2.05) is 32.0 Å². The van der Waals surface area contributed by atoms with Crippen LogP contribution in [0.5, 0.6) is 11.5 Å². The normalized spacial score (nSPS) is 18.2. The first kappa shape index (κ1) is 16.2. The Hall–Kier alpha value is -2.63. The summed E-state index contributed by atoms with van der Waals surface area (Å²) in [6, 6.07) is 5.50. The van der Waals surface area contributed by atoms with Crippen LogP contribution in [0.4, 0.5) is 0 Å². The molecule has 6 heteroatoms. The van der Waals surface area contributed by atoms with E-state index in [9.17, 15) is 4.79 Å². The molecule has 1 aromatic heterocycles. The Morgan fingerprint density at radius 1 is 1.33 bits per heavy atom. The Labute approximate surface area is 141 Å². The average molecular weight is 327 g/mol. The fraction of sp³-hybridized carbons (Fsp3) is 0.389. The summed E-state index contributed by atoms with van der Waals surface area (Å²) in [5.41, 5.74) is 0.998. The molecule has 2 heterocycles. The number of hydrogen-bond acceptors (Lipinski definition) is 5. The molecular formula is C18H21N3O3. The number of aryl methyl sites for hydroxylation is 1. The van der Waals surface area contributed by atoms with Crippen molar-refractivity contribution in [3.63, 3.8) is 0 Å². The standard InChI is InChI=1S/C18H21N3O3/c1-11-19-9-12(10-20-11)17(22)21-15-8-18(2,3)24-16-7-13(23-4)5-6-14(15)16/h5-7,9-10,15H,8H2,1-4H3,(H,21,22)/t15-/m0/s1. The van der Waals surface area contributed by atoms with Crippen LogP contribution in [0.3, 0.4) is 0 Å². The van der Waals surface area contributed by atoms with Gasteiger partial charge in [-0.3, -0.25) is 4.79 Å². The highest BCUT2D eigenvalue weighted by Gasteiger charge is 2.35. The van der Waals surface area contributed by atoms with Crippen LogP contribution in [0, 0.1) is 6.92 Å². The minimum atomic E-state index is -0.388. The van der Waals surface area contributed by atoms with Gasteiger partial charge >= 0.3 is 0 Å². The van der Waals surface area contributed by atoms with Crippen LogP contribution in [0.25, 0.3) is 0 Å². The van der Waals surface area contributed by atoms with E-state index in [0.29, 0.717) is 17.8 Å². The fourth-order valence-electron chi connectivity index (χ4n) is 2.84. The van der Waals surface area contributed by atoms with Crippen LogP contribution >= 0.6 is 0 Å². The maximum absolute atomic E-state index is 12.5. The van der Waals surface area contributed by atoms with E-state index in [2.05, 4.69) is 15.3 Å². The highest BCUT2D eigenvalue weighted by molar-refractivity contribution is 5.93. The molecule has 1 aliphatic heterocycles. The van der Waals surface area contributed by atoms with Gasteiger partial charge in [0.05, 0.1) is 18.7 Å². The molecular weight excluding hydrogens is 306 g/mol. The largest absolute Gasteiger partial charge is 0.497 e. The molecule has 126 valence electrons.